The van der Waals surface area contributed by atoms with Crippen LogP contribution in [0.3, 0.4) is 0 Å². The summed E-state index contributed by atoms with van der Waals surface area (Å²) in [6, 6.07) is 9.99. The van der Waals surface area contributed by atoms with Gasteiger partial charge in [0.15, 0.2) is 0 Å². The highest BCUT2D eigenvalue weighted by molar-refractivity contribution is 5.84. The fraction of sp³-hybridized carbons (Fsp3) is 0.438. The maximum absolute atomic E-state index is 9.88. The number of nitrogens with zero attached hydrogens (tertiary/aromatic N) is 2. The van der Waals surface area contributed by atoms with E-state index in [1.807, 2.05) is 31.3 Å². The van der Waals surface area contributed by atoms with Gasteiger partial charge in [-0.1, -0.05) is 18.2 Å². The molecule has 5 heteroatoms. The Morgan fingerprint density at radius 3 is 2.90 bits per heavy atom. The van der Waals surface area contributed by atoms with Gasteiger partial charge in [-0.05, 0) is 19.2 Å². The molecular formula is C16H20N2O3. The molecule has 21 heavy (non-hydrogen) atoms. The van der Waals surface area contributed by atoms with Gasteiger partial charge >= 0.3 is 0 Å². The van der Waals surface area contributed by atoms with Crippen LogP contribution < -0.4 is 4.74 Å². The Morgan fingerprint density at radius 2 is 2.19 bits per heavy atom. The van der Waals surface area contributed by atoms with Gasteiger partial charge in [-0.3, -0.25) is 4.90 Å². The number of aliphatic hydroxyl groups excluding tert-OH is 1. The zero-order chi connectivity index (χ0) is 14.8. The van der Waals surface area contributed by atoms with Crippen LogP contribution in [0.2, 0.25) is 0 Å². The second-order valence-corrected chi connectivity index (χ2v) is 5.42. The molecule has 1 fully saturated rings. The number of aliphatic hydroxyl groups is 1. The highest BCUT2D eigenvalue weighted by Crippen LogP contribution is 2.24. The second kappa shape index (κ2) is 5.97. The molecule has 1 aliphatic rings. The largest absolute Gasteiger partial charge is 0.494 e. The van der Waals surface area contributed by atoms with Crippen LogP contribution in [0, 0.1) is 0 Å². The molecule has 0 radical (unpaired) electrons. The number of methoxy groups -OCH3 is 1. The van der Waals surface area contributed by atoms with Crippen molar-refractivity contribution in [3.63, 3.8) is 0 Å². The summed E-state index contributed by atoms with van der Waals surface area (Å²) in [5.41, 5.74) is 1.82. The molecule has 1 aromatic heterocycles. The van der Waals surface area contributed by atoms with E-state index in [2.05, 4.69) is 11.0 Å². The van der Waals surface area contributed by atoms with Gasteiger partial charge in [0.1, 0.15) is 11.3 Å². The lowest BCUT2D eigenvalue weighted by atomic mass is 10.1. The average molecular weight is 288 g/mol. The van der Waals surface area contributed by atoms with E-state index in [0.717, 1.165) is 22.3 Å². The van der Waals surface area contributed by atoms with Crippen LogP contribution in [0.5, 0.6) is 5.75 Å². The molecule has 2 aromatic rings. The fourth-order valence-corrected chi connectivity index (χ4v) is 2.74. The van der Waals surface area contributed by atoms with E-state index >= 15 is 0 Å². The van der Waals surface area contributed by atoms with Crippen molar-refractivity contribution in [2.75, 3.05) is 27.4 Å². The van der Waals surface area contributed by atoms with Crippen molar-refractivity contribution >= 4 is 10.9 Å². The number of rotatable bonds is 4. The molecule has 0 bridgehead atoms. The monoisotopic (exact) mass is 288 g/mol. The lowest BCUT2D eigenvalue weighted by molar-refractivity contribution is 0.0920. The maximum atomic E-state index is 9.88. The third-order valence-electron chi connectivity index (χ3n) is 3.96. The number of likely N-dealkylation sites (N-methyl/N-ethyl adjacent to an activating group) is 1. The van der Waals surface area contributed by atoms with Crippen molar-refractivity contribution in [1.82, 2.24) is 9.88 Å². The number of hydrogen-bond donors (Lipinski definition) is 1. The highest BCUT2D eigenvalue weighted by atomic mass is 16.5. The lowest BCUT2D eigenvalue weighted by Gasteiger charge is -2.25. The molecule has 0 unspecified atom stereocenters. The molecule has 5 nitrogen and oxygen atoms in total. The predicted octanol–water partition coefficient (Wildman–Crippen LogP) is 1.43. The molecule has 0 spiro atoms. The van der Waals surface area contributed by atoms with Crippen molar-refractivity contribution in [3.05, 3.63) is 36.0 Å². The summed E-state index contributed by atoms with van der Waals surface area (Å²) in [4.78, 5) is 6.78. The van der Waals surface area contributed by atoms with Gasteiger partial charge in [0.05, 0.1) is 38.2 Å². The first-order valence-corrected chi connectivity index (χ1v) is 7.07. The van der Waals surface area contributed by atoms with E-state index in [1.165, 1.54) is 0 Å². The summed E-state index contributed by atoms with van der Waals surface area (Å²) in [7, 11) is 3.64. The Bertz CT molecular complexity index is 632. The van der Waals surface area contributed by atoms with Gasteiger partial charge in [-0.2, -0.15) is 0 Å². The third-order valence-corrected chi connectivity index (χ3v) is 3.96. The summed E-state index contributed by atoms with van der Waals surface area (Å²) < 4.78 is 10.7. The van der Waals surface area contributed by atoms with Gasteiger partial charge in [0.2, 0.25) is 0 Å². The number of fused-ring (bicyclic) bond motifs is 1. The third kappa shape index (κ3) is 2.85. The lowest BCUT2D eigenvalue weighted by Crippen LogP contribution is -2.40. The van der Waals surface area contributed by atoms with E-state index < -0.39 is 6.10 Å². The van der Waals surface area contributed by atoms with Crippen LogP contribution >= 0.6 is 0 Å². The van der Waals surface area contributed by atoms with Crippen molar-refractivity contribution in [2.24, 2.45) is 0 Å². The Labute approximate surface area is 124 Å². The summed E-state index contributed by atoms with van der Waals surface area (Å²) in [5, 5.41) is 10.9. The van der Waals surface area contributed by atoms with E-state index in [9.17, 15) is 5.11 Å². The molecular weight excluding hydrogens is 268 g/mol. The number of para-hydroxylation sites is 1. The first-order chi connectivity index (χ1) is 10.2. The Kier molecular flexibility index (Phi) is 4.05. The van der Waals surface area contributed by atoms with Crippen LogP contribution in [0.1, 0.15) is 5.69 Å². The van der Waals surface area contributed by atoms with Gasteiger partial charge in [-0.25, -0.2) is 4.98 Å². The minimum absolute atomic E-state index is 0.0279. The number of benzene rings is 1. The van der Waals surface area contributed by atoms with Crippen molar-refractivity contribution < 1.29 is 14.6 Å². The number of hydrogen-bond acceptors (Lipinski definition) is 5. The Balaban J connectivity index is 1.84. The Morgan fingerprint density at radius 1 is 1.33 bits per heavy atom. The van der Waals surface area contributed by atoms with Gasteiger partial charge in [-0.15, -0.1) is 0 Å². The standard InChI is InChI=1S/C16H20N2O3/c1-18(13-9-21-10-14(13)19)8-12-7-6-11-4-3-5-15(20-2)16(11)17-12/h3-7,13-14,19H,8-10H2,1-2H3/t13-,14-/m1/s1. The fourth-order valence-electron chi connectivity index (χ4n) is 2.74. The SMILES string of the molecule is COc1cccc2ccc(CN(C)[C@@H]3COC[C@H]3O)nc12. The summed E-state index contributed by atoms with van der Waals surface area (Å²) >= 11 is 0. The highest BCUT2D eigenvalue weighted by Gasteiger charge is 2.29. The second-order valence-electron chi connectivity index (χ2n) is 5.42. The molecule has 1 N–H and O–H groups in total. The first-order valence-electron chi connectivity index (χ1n) is 7.07. The molecule has 3 rings (SSSR count). The number of ether oxygens (including phenoxy) is 2. The van der Waals surface area contributed by atoms with E-state index in [0.29, 0.717) is 19.8 Å². The van der Waals surface area contributed by atoms with E-state index in [1.54, 1.807) is 7.11 Å². The van der Waals surface area contributed by atoms with Gasteiger partial charge < -0.3 is 14.6 Å². The molecule has 112 valence electrons. The summed E-state index contributed by atoms with van der Waals surface area (Å²) in [6.45, 7) is 1.64. The van der Waals surface area contributed by atoms with Crippen LogP contribution in [0.15, 0.2) is 30.3 Å². The van der Waals surface area contributed by atoms with Crippen molar-refractivity contribution in [3.8, 4) is 5.75 Å². The van der Waals surface area contributed by atoms with Crippen LogP contribution in [-0.2, 0) is 11.3 Å². The van der Waals surface area contributed by atoms with Crippen LogP contribution in [0.25, 0.3) is 10.9 Å². The van der Waals surface area contributed by atoms with Crippen LogP contribution in [0.4, 0.5) is 0 Å². The minimum atomic E-state index is -0.426. The van der Waals surface area contributed by atoms with Gasteiger partial charge in [0, 0.05) is 11.9 Å². The number of pyridine rings is 1. The molecule has 2 heterocycles. The van der Waals surface area contributed by atoms with Crippen molar-refractivity contribution in [1.29, 1.82) is 0 Å². The quantitative estimate of drug-likeness (QED) is 0.922. The minimum Gasteiger partial charge on any atom is -0.494 e. The Hall–Kier alpha value is -1.69. The number of aromatic nitrogens is 1. The molecule has 0 amide bonds. The van der Waals surface area contributed by atoms with Crippen molar-refractivity contribution in [2.45, 2.75) is 18.7 Å². The predicted molar refractivity (Wildman–Crippen MR) is 80.4 cm³/mol. The normalized spacial score (nSPS) is 22.1. The summed E-state index contributed by atoms with van der Waals surface area (Å²) in [6.07, 6.45) is -0.426. The first kappa shape index (κ1) is 14.3. The molecule has 1 saturated heterocycles. The molecule has 0 aliphatic carbocycles. The molecule has 1 aromatic carbocycles. The smallest absolute Gasteiger partial charge is 0.145 e. The molecule has 0 saturated carbocycles. The van der Waals surface area contributed by atoms with E-state index in [4.69, 9.17) is 14.5 Å². The summed E-state index contributed by atoms with van der Waals surface area (Å²) in [5.74, 6) is 0.779. The topological polar surface area (TPSA) is 54.8 Å². The van der Waals surface area contributed by atoms with Gasteiger partial charge in [0.25, 0.3) is 0 Å². The zero-order valence-corrected chi connectivity index (χ0v) is 12.3. The maximum Gasteiger partial charge on any atom is 0.145 e. The molecule has 2 atom stereocenters. The van der Waals surface area contributed by atoms with Crippen LogP contribution in [-0.4, -0.2) is 54.5 Å². The average Bonchev–Trinajstić information content (AvgIpc) is 2.92. The zero-order valence-electron chi connectivity index (χ0n) is 12.3. The van der Waals surface area contributed by atoms with E-state index in [-0.39, 0.29) is 6.04 Å². The molecule has 1 aliphatic heterocycles.